The molecule has 1 aromatic heterocycles. The first kappa shape index (κ1) is 14.6. The van der Waals surface area contributed by atoms with Gasteiger partial charge in [-0.05, 0) is 32.8 Å². The van der Waals surface area contributed by atoms with E-state index in [1.807, 2.05) is 4.90 Å². The highest BCUT2D eigenvalue weighted by atomic mass is 16.3. The summed E-state index contributed by atoms with van der Waals surface area (Å²) in [5.41, 5.74) is 3.20. The lowest BCUT2D eigenvalue weighted by atomic mass is 10.2. The van der Waals surface area contributed by atoms with E-state index in [1.54, 1.807) is 0 Å². The maximum Gasteiger partial charge on any atom is 0.255 e. The molecule has 2 fully saturated rings. The van der Waals surface area contributed by atoms with Crippen molar-refractivity contribution < 1.29 is 9.90 Å². The van der Waals surface area contributed by atoms with Crippen LogP contribution < -0.4 is 0 Å². The number of hydrogen-bond acceptors (Lipinski definition) is 3. The fraction of sp³-hybridized carbons (Fsp3) is 0.688. The average molecular weight is 291 g/mol. The highest BCUT2D eigenvalue weighted by Crippen LogP contribution is 2.38. The lowest BCUT2D eigenvalue weighted by Crippen LogP contribution is -2.49. The van der Waals surface area contributed by atoms with Crippen LogP contribution in [0.3, 0.4) is 0 Å². The second-order valence-electron chi connectivity index (χ2n) is 6.24. The number of aromatic nitrogens is 1. The molecule has 0 bridgehead atoms. The van der Waals surface area contributed by atoms with E-state index < -0.39 is 0 Å². The van der Waals surface area contributed by atoms with Crippen molar-refractivity contribution in [2.45, 2.75) is 32.7 Å². The van der Waals surface area contributed by atoms with Crippen molar-refractivity contribution in [3.05, 3.63) is 23.0 Å². The summed E-state index contributed by atoms with van der Waals surface area (Å²) >= 11 is 0. The molecule has 0 spiro atoms. The highest BCUT2D eigenvalue weighted by molar-refractivity contribution is 5.95. The summed E-state index contributed by atoms with van der Waals surface area (Å²) in [7, 11) is 0. The molecule has 1 saturated carbocycles. The lowest BCUT2D eigenvalue weighted by molar-refractivity contribution is 0.0614. The van der Waals surface area contributed by atoms with Crippen molar-refractivity contribution in [1.82, 2.24) is 14.4 Å². The molecule has 1 aromatic rings. The fourth-order valence-electron chi connectivity index (χ4n) is 3.37. The van der Waals surface area contributed by atoms with Gasteiger partial charge in [0.2, 0.25) is 0 Å². The van der Waals surface area contributed by atoms with Crippen LogP contribution in [0.5, 0.6) is 0 Å². The summed E-state index contributed by atoms with van der Waals surface area (Å²) < 4.78 is 2.33. The van der Waals surface area contributed by atoms with Crippen molar-refractivity contribution in [1.29, 1.82) is 0 Å². The molecule has 0 aromatic carbocycles. The number of aliphatic hydroxyl groups is 1. The van der Waals surface area contributed by atoms with Crippen LogP contribution in [0.15, 0.2) is 6.07 Å². The predicted molar refractivity (Wildman–Crippen MR) is 81.6 cm³/mol. The van der Waals surface area contributed by atoms with Crippen LogP contribution in [-0.4, -0.2) is 64.7 Å². The van der Waals surface area contributed by atoms with Crippen molar-refractivity contribution in [2.75, 3.05) is 39.3 Å². The molecule has 0 radical (unpaired) electrons. The summed E-state index contributed by atoms with van der Waals surface area (Å²) in [6.07, 6.45) is 2.48. The van der Waals surface area contributed by atoms with Gasteiger partial charge < -0.3 is 14.6 Å². The smallest absolute Gasteiger partial charge is 0.255 e. The summed E-state index contributed by atoms with van der Waals surface area (Å²) in [5.74, 6) is 0.165. The number of β-amino-alcohol motifs (C(OH)–C–C–N with tert-alkyl or cyclic N) is 1. The van der Waals surface area contributed by atoms with Gasteiger partial charge >= 0.3 is 0 Å². The second kappa shape index (κ2) is 5.81. The first-order chi connectivity index (χ1) is 10.1. The Kier molecular flexibility index (Phi) is 4.04. The third kappa shape index (κ3) is 2.85. The quantitative estimate of drug-likeness (QED) is 0.906. The van der Waals surface area contributed by atoms with Crippen molar-refractivity contribution in [3.63, 3.8) is 0 Å². The minimum absolute atomic E-state index is 0.165. The van der Waals surface area contributed by atoms with Gasteiger partial charge in [-0.15, -0.1) is 0 Å². The van der Waals surface area contributed by atoms with Gasteiger partial charge in [0.15, 0.2) is 0 Å². The first-order valence-electron chi connectivity index (χ1n) is 7.92. The van der Waals surface area contributed by atoms with E-state index in [9.17, 15) is 4.79 Å². The number of piperazine rings is 1. The third-order valence-electron chi connectivity index (χ3n) is 4.70. The number of aliphatic hydroxyl groups excluding tert-OH is 1. The Labute approximate surface area is 126 Å². The zero-order chi connectivity index (χ0) is 15.0. The molecule has 5 nitrogen and oxygen atoms in total. The molecule has 1 N–H and O–H groups in total. The normalized spacial score (nSPS) is 20.0. The van der Waals surface area contributed by atoms with Crippen LogP contribution in [0.2, 0.25) is 0 Å². The molecular formula is C16H25N3O2. The summed E-state index contributed by atoms with van der Waals surface area (Å²) in [6, 6.07) is 2.67. The van der Waals surface area contributed by atoms with E-state index in [0.717, 1.165) is 37.4 Å². The van der Waals surface area contributed by atoms with E-state index in [4.69, 9.17) is 5.11 Å². The number of aryl methyl sites for hydroxylation is 1. The van der Waals surface area contributed by atoms with E-state index in [-0.39, 0.29) is 12.5 Å². The van der Waals surface area contributed by atoms with Crippen LogP contribution in [0, 0.1) is 13.8 Å². The van der Waals surface area contributed by atoms with Crippen molar-refractivity contribution >= 4 is 5.91 Å². The summed E-state index contributed by atoms with van der Waals surface area (Å²) in [5, 5.41) is 8.97. The van der Waals surface area contributed by atoms with Gasteiger partial charge in [-0.3, -0.25) is 9.69 Å². The van der Waals surface area contributed by atoms with Crippen molar-refractivity contribution in [3.8, 4) is 0 Å². The van der Waals surface area contributed by atoms with E-state index >= 15 is 0 Å². The molecule has 1 aliphatic heterocycles. The van der Waals surface area contributed by atoms with Crippen LogP contribution in [0.25, 0.3) is 0 Å². The Morgan fingerprint density at radius 1 is 1.24 bits per heavy atom. The van der Waals surface area contributed by atoms with Crippen LogP contribution in [0.4, 0.5) is 0 Å². The maximum absolute atomic E-state index is 12.7. The van der Waals surface area contributed by atoms with Crippen molar-refractivity contribution in [2.24, 2.45) is 0 Å². The Bertz CT molecular complexity index is 526. The molecule has 1 saturated heterocycles. The Balaban J connectivity index is 1.70. The largest absolute Gasteiger partial charge is 0.395 e. The van der Waals surface area contributed by atoms with Crippen LogP contribution in [0.1, 0.15) is 40.6 Å². The molecule has 116 valence electrons. The second-order valence-corrected chi connectivity index (χ2v) is 6.24. The number of hydrogen-bond donors (Lipinski definition) is 1. The highest BCUT2D eigenvalue weighted by Gasteiger charge is 2.30. The van der Waals surface area contributed by atoms with Gasteiger partial charge in [-0.2, -0.15) is 0 Å². The number of carbonyl (C=O) groups excluding carboxylic acids is 1. The van der Waals surface area contributed by atoms with Crippen LogP contribution in [-0.2, 0) is 0 Å². The van der Waals surface area contributed by atoms with Gasteiger partial charge in [0, 0.05) is 50.2 Å². The number of amides is 1. The van der Waals surface area contributed by atoms with Gasteiger partial charge in [0.05, 0.1) is 12.2 Å². The van der Waals surface area contributed by atoms with Gasteiger partial charge in [-0.25, -0.2) is 0 Å². The standard InChI is InChI=1S/C16H25N3O2/c1-12-11-15(13(2)19(12)14-3-4-14)16(21)18-7-5-17(6-8-18)9-10-20/h11,14,20H,3-10H2,1-2H3. The van der Waals surface area contributed by atoms with E-state index in [1.165, 1.54) is 18.5 Å². The van der Waals surface area contributed by atoms with Crippen LogP contribution >= 0.6 is 0 Å². The topological polar surface area (TPSA) is 48.7 Å². The predicted octanol–water partition coefficient (Wildman–Crippen LogP) is 1.19. The minimum Gasteiger partial charge on any atom is -0.395 e. The third-order valence-corrected chi connectivity index (χ3v) is 4.70. The lowest BCUT2D eigenvalue weighted by Gasteiger charge is -2.34. The van der Waals surface area contributed by atoms with Gasteiger partial charge in [0.25, 0.3) is 5.91 Å². The van der Waals surface area contributed by atoms with Gasteiger partial charge in [0.1, 0.15) is 0 Å². The zero-order valence-electron chi connectivity index (χ0n) is 13.0. The monoisotopic (exact) mass is 291 g/mol. The maximum atomic E-state index is 12.7. The molecular weight excluding hydrogens is 266 g/mol. The van der Waals surface area contributed by atoms with E-state index in [2.05, 4.69) is 29.4 Å². The minimum atomic E-state index is 0.165. The Morgan fingerprint density at radius 3 is 2.48 bits per heavy atom. The number of rotatable bonds is 4. The number of nitrogens with zero attached hydrogens (tertiary/aromatic N) is 3. The Hall–Kier alpha value is -1.33. The molecule has 5 heteroatoms. The molecule has 21 heavy (non-hydrogen) atoms. The molecule has 2 heterocycles. The van der Waals surface area contributed by atoms with E-state index in [0.29, 0.717) is 12.6 Å². The average Bonchev–Trinajstić information content (AvgIpc) is 3.25. The first-order valence-corrected chi connectivity index (χ1v) is 7.92. The SMILES string of the molecule is Cc1cc(C(=O)N2CCN(CCO)CC2)c(C)n1C1CC1. The molecule has 1 aliphatic carbocycles. The molecule has 3 rings (SSSR count). The molecule has 0 unspecified atom stereocenters. The molecule has 0 atom stereocenters. The summed E-state index contributed by atoms with van der Waals surface area (Å²) in [4.78, 5) is 16.9. The summed E-state index contributed by atoms with van der Waals surface area (Å²) in [6.45, 7) is 8.29. The fourth-order valence-corrected chi connectivity index (χ4v) is 3.37. The zero-order valence-corrected chi connectivity index (χ0v) is 13.0. The molecule has 2 aliphatic rings. The number of carbonyl (C=O) groups is 1. The Morgan fingerprint density at radius 2 is 1.90 bits per heavy atom. The van der Waals surface area contributed by atoms with Gasteiger partial charge in [-0.1, -0.05) is 0 Å². The molecule has 1 amide bonds.